The normalized spacial score (nSPS) is 9.73. The molecule has 1 aromatic rings. The number of aromatic nitrogens is 1. The standard InChI is InChI=1S/C7H5BrFNO/c1-4(11)7-5(8)2-10-3-6(7)9/h2-3H,1H3. The number of Topliss-reactive ketones (excluding diaryl/α,β-unsaturated/α-hetero) is 1. The van der Waals surface area contributed by atoms with E-state index in [2.05, 4.69) is 20.9 Å². The molecule has 0 bridgehead atoms. The minimum atomic E-state index is -0.591. The van der Waals surface area contributed by atoms with E-state index in [-0.39, 0.29) is 11.3 Å². The van der Waals surface area contributed by atoms with Crippen molar-refractivity contribution in [3.63, 3.8) is 0 Å². The van der Waals surface area contributed by atoms with Gasteiger partial charge in [-0.05, 0) is 22.9 Å². The van der Waals surface area contributed by atoms with Gasteiger partial charge >= 0.3 is 0 Å². The van der Waals surface area contributed by atoms with Crippen molar-refractivity contribution in [2.24, 2.45) is 0 Å². The van der Waals surface area contributed by atoms with E-state index in [1.54, 1.807) is 0 Å². The number of carbonyl (C=O) groups is 1. The van der Waals surface area contributed by atoms with Crippen LogP contribution in [-0.2, 0) is 0 Å². The molecular formula is C7H5BrFNO. The fraction of sp³-hybridized carbons (Fsp3) is 0.143. The lowest BCUT2D eigenvalue weighted by molar-refractivity contribution is 0.101. The second-order valence-corrected chi connectivity index (χ2v) is 2.89. The molecule has 0 aliphatic carbocycles. The van der Waals surface area contributed by atoms with E-state index in [1.807, 2.05) is 0 Å². The predicted molar refractivity (Wildman–Crippen MR) is 41.9 cm³/mol. The van der Waals surface area contributed by atoms with E-state index < -0.39 is 5.82 Å². The molecule has 0 amide bonds. The highest BCUT2D eigenvalue weighted by Gasteiger charge is 2.10. The Morgan fingerprint density at radius 2 is 2.27 bits per heavy atom. The summed E-state index contributed by atoms with van der Waals surface area (Å²) in [6, 6.07) is 0. The van der Waals surface area contributed by atoms with Gasteiger partial charge in [0.15, 0.2) is 11.6 Å². The molecule has 0 fully saturated rings. The first-order valence-electron chi connectivity index (χ1n) is 2.93. The molecule has 58 valence electrons. The van der Waals surface area contributed by atoms with Gasteiger partial charge in [0.2, 0.25) is 0 Å². The quantitative estimate of drug-likeness (QED) is 0.676. The molecule has 4 heteroatoms. The van der Waals surface area contributed by atoms with Crippen molar-refractivity contribution in [2.45, 2.75) is 6.92 Å². The molecule has 0 aliphatic heterocycles. The van der Waals surface area contributed by atoms with Crippen molar-refractivity contribution in [1.29, 1.82) is 0 Å². The van der Waals surface area contributed by atoms with Gasteiger partial charge in [-0.15, -0.1) is 0 Å². The molecule has 0 aromatic carbocycles. The maximum atomic E-state index is 12.8. The maximum absolute atomic E-state index is 12.8. The monoisotopic (exact) mass is 217 g/mol. The number of rotatable bonds is 1. The maximum Gasteiger partial charge on any atom is 0.164 e. The van der Waals surface area contributed by atoms with Crippen LogP contribution in [0.3, 0.4) is 0 Å². The van der Waals surface area contributed by atoms with Gasteiger partial charge in [0.05, 0.1) is 11.8 Å². The minimum Gasteiger partial charge on any atom is -0.294 e. The van der Waals surface area contributed by atoms with Crippen LogP contribution >= 0.6 is 15.9 Å². The molecule has 0 unspecified atom stereocenters. The third-order valence-electron chi connectivity index (χ3n) is 1.21. The summed E-state index contributed by atoms with van der Waals surface area (Å²) in [7, 11) is 0. The van der Waals surface area contributed by atoms with E-state index in [0.717, 1.165) is 6.20 Å². The number of halogens is 2. The third-order valence-corrected chi connectivity index (χ3v) is 1.81. The molecule has 0 atom stereocenters. The van der Waals surface area contributed by atoms with Crippen LogP contribution < -0.4 is 0 Å². The predicted octanol–water partition coefficient (Wildman–Crippen LogP) is 2.19. The lowest BCUT2D eigenvalue weighted by Crippen LogP contribution is -1.98. The Balaban J connectivity index is 3.32. The Bertz CT molecular complexity index is 280. The smallest absolute Gasteiger partial charge is 0.164 e. The molecule has 0 saturated carbocycles. The highest BCUT2D eigenvalue weighted by molar-refractivity contribution is 9.10. The first kappa shape index (κ1) is 8.33. The van der Waals surface area contributed by atoms with Gasteiger partial charge < -0.3 is 0 Å². The number of hydrogen-bond donors (Lipinski definition) is 0. The van der Waals surface area contributed by atoms with Gasteiger partial charge in [-0.25, -0.2) is 4.39 Å². The second kappa shape index (κ2) is 3.09. The third kappa shape index (κ3) is 1.63. The first-order chi connectivity index (χ1) is 5.13. The Labute approximate surface area is 71.6 Å². The van der Waals surface area contributed by atoms with Crippen LogP contribution in [0.4, 0.5) is 4.39 Å². The van der Waals surface area contributed by atoms with Gasteiger partial charge in [0.25, 0.3) is 0 Å². The van der Waals surface area contributed by atoms with E-state index in [0.29, 0.717) is 4.47 Å². The molecule has 1 aromatic heterocycles. The summed E-state index contributed by atoms with van der Waals surface area (Å²) >= 11 is 3.02. The Morgan fingerprint density at radius 3 is 2.64 bits per heavy atom. The highest BCUT2D eigenvalue weighted by Crippen LogP contribution is 2.17. The fourth-order valence-electron chi connectivity index (χ4n) is 0.748. The van der Waals surface area contributed by atoms with Crippen molar-refractivity contribution in [3.8, 4) is 0 Å². The van der Waals surface area contributed by atoms with Gasteiger partial charge in [0.1, 0.15) is 0 Å². The van der Waals surface area contributed by atoms with E-state index in [1.165, 1.54) is 13.1 Å². The molecule has 2 nitrogen and oxygen atoms in total. The molecule has 0 spiro atoms. The molecule has 0 aliphatic rings. The Hall–Kier alpha value is -0.770. The average Bonchev–Trinajstić information content (AvgIpc) is 1.85. The summed E-state index contributed by atoms with van der Waals surface area (Å²) in [6.07, 6.45) is 2.40. The molecule has 0 radical (unpaired) electrons. The van der Waals surface area contributed by atoms with Crippen molar-refractivity contribution >= 4 is 21.7 Å². The van der Waals surface area contributed by atoms with Crippen LogP contribution in [0.15, 0.2) is 16.9 Å². The first-order valence-corrected chi connectivity index (χ1v) is 3.72. The van der Waals surface area contributed by atoms with Gasteiger partial charge in [-0.3, -0.25) is 9.78 Å². The van der Waals surface area contributed by atoms with Crippen LogP contribution in [0.1, 0.15) is 17.3 Å². The Morgan fingerprint density at radius 1 is 1.64 bits per heavy atom. The van der Waals surface area contributed by atoms with Crippen LogP contribution in [0.25, 0.3) is 0 Å². The summed E-state index contributed by atoms with van der Waals surface area (Å²) in [5.74, 6) is -0.899. The minimum absolute atomic E-state index is 0.0556. The summed E-state index contributed by atoms with van der Waals surface area (Å²) in [5, 5.41) is 0. The lowest BCUT2D eigenvalue weighted by atomic mass is 10.2. The van der Waals surface area contributed by atoms with Gasteiger partial charge in [0, 0.05) is 10.7 Å². The van der Waals surface area contributed by atoms with E-state index >= 15 is 0 Å². The van der Waals surface area contributed by atoms with E-state index in [4.69, 9.17) is 0 Å². The topological polar surface area (TPSA) is 30.0 Å². The zero-order valence-corrected chi connectivity index (χ0v) is 7.35. The van der Waals surface area contributed by atoms with Crippen molar-refractivity contribution in [3.05, 3.63) is 28.2 Å². The van der Waals surface area contributed by atoms with Crippen molar-refractivity contribution in [2.75, 3.05) is 0 Å². The zero-order chi connectivity index (χ0) is 8.43. The summed E-state index contributed by atoms with van der Waals surface area (Å²) in [5.41, 5.74) is 0.0556. The summed E-state index contributed by atoms with van der Waals surface area (Å²) < 4.78 is 13.2. The summed E-state index contributed by atoms with van der Waals surface area (Å²) in [6.45, 7) is 1.31. The van der Waals surface area contributed by atoms with Crippen molar-refractivity contribution < 1.29 is 9.18 Å². The molecule has 1 heterocycles. The number of hydrogen-bond acceptors (Lipinski definition) is 2. The van der Waals surface area contributed by atoms with Crippen LogP contribution in [-0.4, -0.2) is 10.8 Å². The largest absolute Gasteiger partial charge is 0.294 e. The zero-order valence-electron chi connectivity index (χ0n) is 5.77. The average molecular weight is 218 g/mol. The second-order valence-electron chi connectivity index (χ2n) is 2.03. The van der Waals surface area contributed by atoms with E-state index in [9.17, 15) is 9.18 Å². The molecule has 11 heavy (non-hydrogen) atoms. The van der Waals surface area contributed by atoms with Crippen LogP contribution in [0.2, 0.25) is 0 Å². The van der Waals surface area contributed by atoms with Crippen molar-refractivity contribution in [1.82, 2.24) is 4.98 Å². The molecular weight excluding hydrogens is 213 g/mol. The highest BCUT2D eigenvalue weighted by atomic mass is 79.9. The number of carbonyl (C=O) groups excluding carboxylic acids is 1. The summed E-state index contributed by atoms with van der Waals surface area (Å²) in [4.78, 5) is 14.3. The number of nitrogens with zero attached hydrogens (tertiary/aromatic N) is 1. The van der Waals surface area contributed by atoms with Crippen LogP contribution in [0.5, 0.6) is 0 Å². The van der Waals surface area contributed by atoms with Crippen LogP contribution in [0, 0.1) is 5.82 Å². The molecule has 1 rings (SSSR count). The lowest BCUT2D eigenvalue weighted by Gasteiger charge is -1.98. The fourth-order valence-corrected chi connectivity index (χ4v) is 1.33. The Kier molecular flexibility index (Phi) is 2.34. The number of pyridine rings is 1. The SMILES string of the molecule is CC(=O)c1c(F)cncc1Br. The number of ketones is 1. The van der Waals surface area contributed by atoms with Gasteiger partial charge in [-0.2, -0.15) is 0 Å². The van der Waals surface area contributed by atoms with Gasteiger partial charge in [-0.1, -0.05) is 0 Å². The molecule has 0 saturated heterocycles. The molecule has 0 N–H and O–H groups in total.